The number of carbonyl (C=O) groups excluding carboxylic acids is 2. The van der Waals surface area contributed by atoms with Gasteiger partial charge in [0.1, 0.15) is 6.54 Å². The molecule has 1 fully saturated rings. The van der Waals surface area contributed by atoms with Gasteiger partial charge in [-0.15, -0.1) is 0 Å². The maximum absolute atomic E-state index is 13.7. The Morgan fingerprint density at radius 1 is 1.21 bits per heavy atom. The van der Waals surface area contributed by atoms with Crippen molar-refractivity contribution in [2.45, 2.75) is 45.0 Å². The lowest BCUT2D eigenvalue weighted by Gasteiger charge is -2.14. The summed E-state index contributed by atoms with van der Waals surface area (Å²) in [6, 6.07) is 4.99. The topological polar surface area (TPSA) is 130 Å². The predicted octanol–water partition coefficient (Wildman–Crippen LogP) is 3.39. The van der Waals surface area contributed by atoms with Crippen LogP contribution in [0.2, 0.25) is 0 Å². The van der Waals surface area contributed by atoms with Gasteiger partial charge < -0.3 is 21.3 Å². The second-order valence-electron chi connectivity index (χ2n) is 9.91. The molecule has 3 aromatic heterocycles. The summed E-state index contributed by atoms with van der Waals surface area (Å²) in [5, 5.41) is 15.1. The lowest BCUT2D eigenvalue weighted by atomic mass is 10.0. The van der Waals surface area contributed by atoms with E-state index >= 15 is 0 Å². The second kappa shape index (κ2) is 12.3. The van der Waals surface area contributed by atoms with E-state index < -0.39 is 36.3 Å². The molecule has 16 heteroatoms. The molecule has 4 N–H and O–H groups in total. The van der Waals surface area contributed by atoms with Crippen molar-refractivity contribution in [2.24, 2.45) is 0 Å². The molecular formula is C27H28F5N9O2. The zero-order valence-electron chi connectivity index (χ0n) is 22.9. The van der Waals surface area contributed by atoms with Crippen molar-refractivity contribution >= 4 is 29.0 Å². The number of nitrogens with zero attached hydrogens (tertiary/aromatic N) is 5. The zero-order chi connectivity index (χ0) is 30.7. The van der Waals surface area contributed by atoms with Crippen molar-refractivity contribution in [1.82, 2.24) is 40.1 Å². The highest BCUT2D eigenvalue weighted by molar-refractivity contribution is 5.98. The van der Waals surface area contributed by atoms with Gasteiger partial charge >= 0.3 is 6.18 Å². The number of carbonyl (C=O) groups is 2. The Balaban J connectivity index is 1.35. The normalized spacial score (nSPS) is 15.3. The lowest BCUT2D eigenvalue weighted by Crippen LogP contribution is -2.42. The zero-order valence-corrected chi connectivity index (χ0v) is 22.9. The Kier molecular flexibility index (Phi) is 8.57. The molecule has 1 atom stereocenters. The van der Waals surface area contributed by atoms with E-state index in [0.717, 1.165) is 19.2 Å². The van der Waals surface area contributed by atoms with Crippen LogP contribution in [0.5, 0.6) is 0 Å². The number of anilines is 2. The van der Waals surface area contributed by atoms with Gasteiger partial charge in [-0.05, 0) is 43.1 Å². The Morgan fingerprint density at radius 3 is 2.72 bits per heavy atom. The first-order valence-electron chi connectivity index (χ1n) is 13.5. The summed E-state index contributed by atoms with van der Waals surface area (Å²) in [7, 11) is 0. The summed E-state index contributed by atoms with van der Waals surface area (Å²) in [4.78, 5) is 33.5. The third kappa shape index (κ3) is 6.74. The number of rotatable bonds is 10. The minimum Gasteiger partial charge on any atom is -0.351 e. The standard InChI is InChI=1S/C27H28F5N9O2/c1-2-15-9-16(3-4-18(15)26(43)36-12-22(42)37-17-5-6-33-10-17)38-24-25-35-11-20(41(25)8-7-34-24)19-13-40(14-21(28)29)39-23(19)27(30,31)32/h3-4,7-9,11,13,17,21,33H,2,5-6,10,12,14H2,1H3,(H,34,38)(H,36,43)(H,37,42)/t17-/m0/s1. The molecule has 1 aromatic carbocycles. The van der Waals surface area contributed by atoms with Gasteiger partial charge in [0.15, 0.2) is 17.2 Å². The summed E-state index contributed by atoms with van der Waals surface area (Å²) in [6.07, 6.45) is -1.60. The molecule has 4 aromatic rings. The Bertz CT molecular complexity index is 1630. The number of aryl methyl sites for hydroxylation is 1. The fourth-order valence-corrected chi connectivity index (χ4v) is 4.89. The van der Waals surface area contributed by atoms with E-state index in [9.17, 15) is 31.5 Å². The largest absolute Gasteiger partial charge is 0.435 e. The van der Waals surface area contributed by atoms with Crippen molar-refractivity contribution in [3.05, 3.63) is 59.8 Å². The average molecular weight is 606 g/mol. The summed E-state index contributed by atoms with van der Waals surface area (Å²) in [5.74, 6) is -0.478. The molecule has 0 spiro atoms. The van der Waals surface area contributed by atoms with E-state index in [1.165, 1.54) is 23.0 Å². The highest BCUT2D eigenvalue weighted by Gasteiger charge is 2.38. The summed E-state index contributed by atoms with van der Waals surface area (Å²) in [5.41, 5.74) is 0.0492. The number of hydrogen-bond donors (Lipinski definition) is 4. The van der Waals surface area contributed by atoms with E-state index in [0.29, 0.717) is 34.5 Å². The smallest absolute Gasteiger partial charge is 0.351 e. The molecule has 43 heavy (non-hydrogen) atoms. The van der Waals surface area contributed by atoms with Crippen LogP contribution in [0.4, 0.5) is 33.5 Å². The van der Waals surface area contributed by atoms with Crippen molar-refractivity contribution in [2.75, 3.05) is 25.0 Å². The van der Waals surface area contributed by atoms with Crippen LogP contribution >= 0.6 is 0 Å². The Labute approximate surface area is 241 Å². The van der Waals surface area contributed by atoms with Gasteiger partial charge in [0.2, 0.25) is 5.91 Å². The van der Waals surface area contributed by atoms with Crippen molar-refractivity contribution in [1.29, 1.82) is 0 Å². The second-order valence-corrected chi connectivity index (χ2v) is 9.91. The molecule has 11 nitrogen and oxygen atoms in total. The fraction of sp³-hybridized carbons (Fsp3) is 0.370. The molecule has 0 saturated carbocycles. The maximum Gasteiger partial charge on any atom is 0.435 e. The van der Waals surface area contributed by atoms with Gasteiger partial charge in [0.05, 0.1) is 24.0 Å². The maximum atomic E-state index is 13.7. The number of aromatic nitrogens is 5. The van der Waals surface area contributed by atoms with E-state index in [1.807, 2.05) is 6.92 Å². The third-order valence-corrected chi connectivity index (χ3v) is 6.89. The number of fused-ring (bicyclic) bond motifs is 1. The number of alkyl halides is 5. The predicted molar refractivity (Wildman–Crippen MR) is 146 cm³/mol. The molecule has 228 valence electrons. The van der Waals surface area contributed by atoms with E-state index in [2.05, 4.69) is 36.3 Å². The van der Waals surface area contributed by atoms with E-state index in [1.54, 1.807) is 18.2 Å². The van der Waals surface area contributed by atoms with Gasteiger partial charge in [-0.3, -0.25) is 18.7 Å². The van der Waals surface area contributed by atoms with Crippen LogP contribution < -0.4 is 21.3 Å². The number of amides is 2. The number of nitrogens with one attached hydrogen (secondary N) is 4. The number of hydrogen-bond acceptors (Lipinski definition) is 7. The molecule has 0 aliphatic carbocycles. The average Bonchev–Trinajstić information content (AvgIpc) is 3.71. The number of imidazole rings is 1. The van der Waals surface area contributed by atoms with Crippen molar-refractivity contribution < 1.29 is 31.5 Å². The lowest BCUT2D eigenvalue weighted by molar-refractivity contribution is -0.141. The molecule has 0 bridgehead atoms. The molecule has 0 radical (unpaired) electrons. The summed E-state index contributed by atoms with van der Waals surface area (Å²) >= 11 is 0. The van der Waals surface area contributed by atoms with Gasteiger partial charge in [-0.25, -0.2) is 18.7 Å². The van der Waals surface area contributed by atoms with Crippen LogP contribution in [0, 0.1) is 0 Å². The van der Waals surface area contributed by atoms with Crippen LogP contribution in [0.25, 0.3) is 16.9 Å². The third-order valence-electron chi connectivity index (χ3n) is 6.89. The van der Waals surface area contributed by atoms with Crippen molar-refractivity contribution in [3.8, 4) is 11.3 Å². The first kappa shape index (κ1) is 29.9. The monoisotopic (exact) mass is 605 g/mol. The molecule has 1 saturated heterocycles. The van der Waals surface area contributed by atoms with Gasteiger partial charge in [0, 0.05) is 42.4 Å². The van der Waals surface area contributed by atoms with Crippen molar-refractivity contribution in [3.63, 3.8) is 0 Å². The number of halogens is 5. The minimum atomic E-state index is -4.89. The van der Waals surface area contributed by atoms with Gasteiger partial charge in [-0.2, -0.15) is 18.3 Å². The van der Waals surface area contributed by atoms with Crippen LogP contribution in [-0.4, -0.2) is 68.1 Å². The summed E-state index contributed by atoms with van der Waals surface area (Å²) in [6.45, 7) is 2.23. The minimum absolute atomic E-state index is 0.0113. The fourth-order valence-electron chi connectivity index (χ4n) is 4.89. The highest BCUT2D eigenvalue weighted by Crippen LogP contribution is 2.37. The molecule has 4 heterocycles. The van der Waals surface area contributed by atoms with Crippen LogP contribution in [-0.2, 0) is 23.9 Å². The van der Waals surface area contributed by atoms with Crippen LogP contribution in [0.15, 0.2) is 43.0 Å². The Morgan fingerprint density at radius 2 is 2.02 bits per heavy atom. The van der Waals surface area contributed by atoms with E-state index in [4.69, 9.17) is 0 Å². The highest BCUT2D eigenvalue weighted by atomic mass is 19.4. The molecule has 1 aliphatic heterocycles. The molecule has 1 aliphatic rings. The molecule has 5 rings (SSSR count). The van der Waals surface area contributed by atoms with Gasteiger partial charge in [0.25, 0.3) is 12.3 Å². The van der Waals surface area contributed by atoms with Crippen LogP contribution in [0.1, 0.15) is 35.0 Å². The first-order valence-corrected chi connectivity index (χ1v) is 13.5. The molecule has 2 amide bonds. The molecule has 0 unspecified atom stereocenters. The SMILES string of the molecule is CCc1cc(Nc2nccn3c(-c4cn(CC(F)F)nc4C(F)(F)F)cnc23)ccc1C(=O)NCC(=O)N[C@H]1CCNC1. The first-order chi connectivity index (χ1) is 20.5. The Hall–Kier alpha value is -4.60. The quantitative estimate of drug-likeness (QED) is 0.204. The number of benzene rings is 1. The van der Waals surface area contributed by atoms with Gasteiger partial charge in [-0.1, -0.05) is 6.92 Å². The summed E-state index contributed by atoms with van der Waals surface area (Å²) < 4.78 is 68.8. The van der Waals surface area contributed by atoms with E-state index in [-0.39, 0.29) is 35.7 Å². The van der Waals surface area contributed by atoms with Crippen LogP contribution in [0.3, 0.4) is 0 Å². The molecular weight excluding hydrogens is 577 g/mol.